The van der Waals surface area contributed by atoms with Gasteiger partial charge in [-0.2, -0.15) is 5.26 Å². The fourth-order valence-electron chi connectivity index (χ4n) is 1.84. The molecule has 0 radical (unpaired) electrons. The third kappa shape index (κ3) is 2.43. The molecule has 0 aliphatic heterocycles. The molecular weight excluding hydrogens is 254 g/mol. The van der Waals surface area contributed by atoms with Crippen molar-refractivity contribution in [3.63, 3.8) is 0 Å². The standard InChI is InChI=1S/C14H13N5O/c1-19(13-5-3-2-4-10(13)8-15)14(20)11-9-17-7-6-12(11)18-16/h2-7,9H,16H2,1H3,(H,17,18). The second-order valence-corrected chi connectivity index (χ2v) is 4.06. The summed E-state index contributed by atoms with van der Waals surface area (Å²) < 4.78 is 0. The van der Waals surface area contributed by atoms with Crippen LogP contribution in [0.25, 0.3) is 0 Å². The van der Waals surface area contributed by atoms with Crippen LogP contribution in [-0.4, -0.2) is 17.9 Å². The molecule has 2 rings (SSSR count). The minimum atomic E-state index is -0.297. The van der Waals surface area contributed by atoms with E-state index >= 15 is 0 Å². The molecule has 0 aliphatic carbocycles. The van der Waals surface area contributed by atoms with E-state index in [9.17, 15) is 4.79 Å². The number of benzene rings is 1. The van der Waals surface area contributed by atoms with E-state index in [1.54, 1.807) is 37.4 Å². The summed E-state index contributed by atoms with van der Waals surface area (Å²) in [5.41, 5.74) is 4.23. The summed E-state index contributed by atoms with van der Waals surface area (Å²) >= 11 is 0. The van der Waals surface area contributed by atoms with Crippen molar-refractivity contribution >= 4 is 17.3 Å². The normalized spacial score (nSPS) is 9.65. The number of carbonyl (C=O) groups is 1. The van der Waals surface area contributed by atoms with Crippen LogP contribution >= 0.6 is 0 Å². The number of nitrogens with two attached hydrogens (primary N) is 1. The van der Waals surface area contributed by atoms with Crippen LogP contribution in [-0.2, 0) is 0 Å². The Hall–Kier alpha value is -2.91. The number of nitrogens with zero attached hydrogens (tertiary/aromatic N) is 3. The van der Waals surface area contributed by atoms with Gasteiger partial charge in [-0.1, -0.05) is 12.1 Å². The Morgan fingerprint density at radius 3 is 2.85 bits per heavy atom. The molecule has 1 aromatic carbocycles. The Balaban J connectivity index is 2.41. The summed E-state index contributed by atoms with van der Waals surface area (Å²) in [5, 5.41) is 9.09. The number of nitrogens with one attached hydrogen (secondary N) is 1. The van der Waals surface area contributed by atoms with Gasteiger partial charge in [0.25, 0.3) is 5.91 Å². The zero-order chi connectivity index (χ0) is 14.5. The van der Waals surface area contributed by atoms with Crippen molar-refractivity contribution in [3.05, 3.63) is 53.9 Å². The van der Waals surface area contributed by atoms with Crippen LogP contribution in [0.5, 0.6) is 0 Å². The highest BCUT2D eigenvalue weighted by Gasteiger charge is 2.19. The van der Waals surface area contributed by atoms with Crippen molar-refractivity contribution in [2.45, 2.75) is 0 Å². The number of nitriles is 1. The summed E-state index contributed by atoms with van der Waals surface area (Å²) in [6.07, 6.45) is 2.97. The Labute approximate surface area is 116 Å². The van der Waals surface area contributed by atoms with Gasteiger partial charge in [-0.3, -0.25) is 15.6 Å². The van der Waals surface area contributed by atoms with E-state index < -0.39 is 0 Å². The maximum atomic E-state index is 12.5. The number of hydrogen-bond acceptors (Lipinski definition) is 5. The van der Waals surface area contributed by atoms with E-state index in [-0.39, 0.29) is 5.91 Å². The molecule has 3 N–H and O–H groups in total. The molecule has 100 valence electrons. The molecule has 6 nitrogen and oxygen atoms in total. The number of nitrogen functional groups attached to an aromatic ring is 1. The van der Waals surface area contributed by atoms with E-state index in [1.165, 1.54) is 17.3 Å². The second kappa shape index (κ2) is 5.82. The Morgan fingerprint density at radius 2 is 2.15 bits per heavy atom. The zero-order valence-corrected chi connectivity index (χ0v) is 10.9. The lowest BCUT2D eigenvalue weighted by atomic mass is 10.1. The number of amides is 1. The van der Waals surface area contributed by atoms with Crippen molar-refractivity contribution in [3.8, 4) is 6.07 Å². The van der Waals surface area contributed by atoms with E-state index in [0.717, 1.165) is 0 Å². The molecule has 0 saturated carbocycles. The lowest BCUT2D eigenvalue weighted by Gasteiger charge is -2.19. The quantitative estimate of drug-likeness (QED) is 0.649. The largest absolute Gasteiger partial charge is 0.323 e. The van der Waals surface area contributed by atoms with E-state index in [0.29, 0.717) is 22.5 Å². The van der Waals surface area contributed by atoms with Crippen molar-refractivity contribution in [1.82, 2.24) is 4.98 Å². The Morgan fingerprint density at radius 1 is 1.40 bits per heavy atom. The lowest BCUT2D eigenvalue weighted by molar-refractivity contribution is 0.0993. The van der Waals surface area contributed by atoms with Crippen molar-refractivity contribution in [2.75, 3.05) is 17.4 Å². The predicted octanol–water partition coefficient (Wildman–Crippen LogP) is 1.52. The summed E-state index contributed by atoms with van der Waals surface area (Å²) in [6, 6.07) is 10.6. The molecule has 1 amide bonds. The highest BCUT2D eigenvalue weighted by atomic mass is 16.2. The average Bonchev–Trinajstić information content (AvgIpc) is 2.53. The highest BCUT2D eigenvalue weighted by molar-refractivity contribution is 6.09. The minimum Gasteiger partial charge on any atom is -0.323 e. The fraction of sp³-hybridized carbons (Fsp3) is 0.0714. The number of pyridine rings is 1. The third-order valence-corrected chi connectivity index (χ3v) is 2.90. The van der Waals surface area contributed by atoms with Crippen LogP contribution < -0.4 is 16.2 Å². The van der Waals surface area contributed by atoms with Gasteiger partial charge in [-0.15, -0.1) is 0 Å². The van der Waals surface area contributed by atoms with Crippen LogP contribution in [0.2, 0.25) is 0 Å². The van der Waals surface area contributed by atoms with Crippen LogP contribution in [0.15, 0.2) is 42.7 Å². The highest BCUT2D eigenvalue weighted by Crippen LogP contribution is 2.22. The van der Waals surface area contributed by atoms with Crippen molar-refractivity contribution in [1.29, 1.82) is 5.26 Å². The molecular formula is C14H13N5O. The van der Waals surface area contributed by atoms with Crippen LogP contribution in [0.1, 0.15) is 15.9 Å². The van der Waals surface area contributed by atoms with E-state index in [2.05, 4.69) is 16.5 Å². The molecule has 0 aliphatic rings. The molecule has 20 heavy (non-hydrogen) atoms. The maximum absolute atomic E-state index is 12.5. The van der Waals surface area contributed by atoms with Gasteiger partial charge in [-0.25, -0.2) is 0 Å². The van der Waals surface area contributed by atoms with Gasteiger partial charge in [-0.05, 0) is 18.2 Å². The lowest BCUT2D eigenvalue weighted by Crippen LogP contribution is -2.28. The molecule has 2 aromatic rings. The van der Waals surface area contributed by atoms with Gasteiger partial charge in [0, 0.05) is 19.4 Å². The van der Waals surface area contributed by atoms with E-state index in [4.69, 9.17) is 11.1 Å². The monoisotopic (exact) mass is 267 g/mol. The van der Waals surface area contributed by atoms with Crippen LogP contribution in [0.4, 0.5) is 11.4 Å². The summed E-state index contributed by atoms with van der Waals surface area (Å²) in [5.74, 6) is 5.09. The Bertz CT molecular complexity index is 677. The number of para-hydroxylation sites is 1. The number of hydrogen-bond donors (Lipinski definition) is 2. The molecule has 0 spiro atoms. The van der Waals surface area contributed by atoms with Gasteiger partial charge < -0.3 is 10.3 Å². The summed E-state index contributed by atoms with van der Waals surface area (Å²) in [6.45, 7) is 0. The number of hydrazine groups is 1. The van der Waals surface area contributed by atoms with Crippen LogP contribution in [0, 0.1) is 11.3 Å². The minimum absolute atomic E-state index is 0.297. The fourth-order valence-corrected chi connectivity index (χ4v) is 1.84. The number of rotatable bonds is 3. The smallest absolute Gasteiger partial charge is 0.261 e. The second-order valence-electron chi connectivity index (χ2n) is 4.06. The molecule has 0 saturated heterocycles. The summed E-state index contributed by atoms with van der Waals surface area (Å²) in [4.78, 5) is 17.8. The molecule has 0 atom stereocenters. The molecule has 0 bridgehead atoms. The van der Waals surface area contributed by atoms with Crippen molar-refractivity contribution < 1.29 is 4.79 Å². The Kier molecular flexibility index (Phi) is 3.93. The molecule has 0 fully saturated rings. The molecule has 1 aromatic heterocycles. The predicted molar refractivity (Wildman–Crippen MR) is 75.9 cm³/mol. The first-order valence-electron chi connectivity index (χ1n) is 5.87. The molecule has 6 heteroatoms. The first-order chi connectivity index (χ1) is 9.69. The van der Waals surface area contributed by atoms with E-state index in [1.807, 2.05) is 0 Å². The number of anilines is 2. The summed E-state index contributed by atoms with van der Waals surface area (Å²) in [7, 11) is 1.60. The van der Waals surface area contributed by atoms with Gasteiger partial charge in [0.2, 0.25) is 0 Å². The van der Waals surface area contributed by atoms with Gasteiger partial charge in [0.1, 0.15) is 6.07 Å². The van der Waals surface area contributed by atoms with Gasteiger partial charge in [0.05, 0.1) is 22.5 Å². The first kappa shape index (κ1) is 13.5. The van der Waals surface area contributed by atoms with Crippen LogP contribution in [0.3, 0.4) is 0 Å². The van der Waals surface area contributed by atoms with Gasteiger partial charge >= 0.3 is 0 Å². The third-order valence-electron chi connectivity index (χ3n) is 2.90. The number of carbonyl (C=O) groups excluding carboxylic acids is 1. The maximum Gasteiger partial charge on any atom is 0.261 e. The van der Waals surface area contributed by atoms with Crippen molar-refractivity contribution in [2.24, 2.45) is 5.84 Å². The SMILES string of the molecule is CN(C(=O)c1cnccc1NN)c1ccccc1C#N. The number of aromatic nitrogens is 1. The average molecular weight is 267 g/mol. The zero-order valence-electron chi connectivity index (χ0n) is 10.9. The topological polar surface area (TPSA) is 95.0 Å². The first-order valence-corrected chi connectivity index (χ1v) is 5.87. The molecule has 0 unspecified atom stereocenters. The van der Waals surface area contributed by atoms with Gasteiger partial charge in [0.15, 0.2) is 0 Å². The molecule has 1 heterocycles.